The number of para-hydroxylation sites is 1. The highest BCUT2D eigenvalue weighted by Crippen LogP contribution is 2.21. The molecule has 0 radical (unpaired) electrons. The highest BCUT2D eigenvalue weighted by Gasteiger charge is 2.15. The molecule has 29 heavy (non-hydrogen) atoms. The predicted molar refractivity (Wildman–Crippen MR) is 113 cm³/mol. The average molecular weight is 425 g/mol. The van der Waals surface area contributed by atoms with E-state index >= 15 is 0 Å². The molecule has 0 aliphatic heterocycles. The largest absolute Gasteiger partial charge is 0.457 e. The van der Waals surface area contributed by atoms with Crippen molar-refractivity contribution >= 4 is 55.1 Å². The first kappa shape index (κ1) is 18.9. The minimum absolute atomic E-state index is 0.0727. The third-order valence-electron chi connectivity index (χ3n) is 3.93. The Labute approximate surface area is 170 Å². The number of fused-ring (bicyclic) bond motifs is 1. The number of carbonyl (C=O) groups is 1. The third kappa shape index (κ3) is 4.53. The molecule has 0 atom stereocenters. The second-order valence-corrected chi connectivity index (χ2v) is 8.55. The molecule has 9 heteroatoms. The van der Waals surface area contributed by atoms with Crippen molar-refractivity contribution in [2.24, 2.45) is 0 Å². The normalized spacial score (nSPS) is 11.7. The first-order chi connectivity index (χ1) is 14.0. The molecule has 146 valence electrons. The zero-order valence-corrected chi connectivity index (χ0v) is 16.5. The Hall–Kier alpha value is -3.43. The Morgan fingerprint density at radius 1 is 1.10 bits per heavy atom. The van der Waals surface area contributed by atoms with Crippen LogP contribution in [0.1, 0.15) is 5.76 Å². The minimum Gasteiger partial charge on any atom is -0.457 e. The number of hydrogen-bond acceptors (Lipinski definition) is 6. The van der Waals surface area contributed by atoms with E-state index in [4.69, 9.17) is 4.42 Å². The molecule has 0 aliphatic carbocycles. The fourth-order valence-electron chi connectivity index (χ4n) is 2.59. The molecule has 1 amide bonds. The van der Waals surface area contributed by atoms with Crippen molar-refractivity contribution in [1.29, 1.82) is 0 Å². The second kappa shape index (κ2) is 7.90. The molecule has 0 saturated heterocycles. The van der Waals surface area contributed by atoms with Gasteiger partial charge < -0.3 is 9.73 Å². The van der Waals surface area contributed by atoms with E-state index in [0.29, 0.717) is 11.4 Å². The van der Waals surface area contributed by atoms with Crippen LogP contribution in [0.2, 0.25) is 0 Å². The number of carbonyl (C=O) groups excluding carboxylic acids is 1. The molecule has 2 N–H and O–H groups in total. The van der Waals surface area contributed by atoms with E-state index < -0.39 is 10.0 Å². The number of amides is 1. The van der Waals surface area contributed by atoms with E-state index in [2.05, 4.69) is 15.0 Å². The monoisotopic (exact) mass is 425 g/mol. The fourth-order valence-corrected chi connectivity index (χ4v) is 4.38. The van der Waals surface area contributed by atoms with E-state index in [1.165, 1.54) is 47.9 Å². The maximum atomic E-state index is 12.3. The van der Waals surface area contributed by atoms with E-state index in [9.17, 15) is 13.2 Å². The molecule has 2 aromatic carbocycles. The summed E-state index contributed by atoms with van der Waals surface area (Å²) in [5, 5.41) is 5.60. The number of aromatic nitrogens is 1. The van der Waals surface area contributed by atoms with Gasteiger partial charge in [-0.3, -0.25) is 9.52 Å². The van der Waals surface area contributed by atoms with Gasteiger partial charge in [-0.25, -0.2) is 13.4 Å². The van der Waals surface area contributed by atoms with Gasteiger partial charge in [-0.1, -0.05) is 18.2 Å². The number of nitrogens with one attached hydrogen (secondary N) is 2. The molecule has 4 rings (SSSR count). The quantitative estimate of drug-likeness (QED) is 0.448. The number of anilines is 2. The van der Waals surface area contributed by atoms with Gasteiger partial charge in [0, 0.05) is 28.7 Å². The van der Waals surface area contributed by atoms with Crippen LogP contribution in [0, 0.1) is 0 Å². The van der Waals surface area contributed by atoms with E-state index in [1.54, 1.807) is 11.5 Å². The molecule has 0 bridgehead atoms. The topological polar surface area (TPSA) is 101 Å². The Morgan fingerprint density at radius 3 is 2.62 bits per heavy atom. The van der Waals surface area contributed by atoms with Crippen LogP contribution in [0.5, 0.6) is 0 Å². The number of benzene rings is 2. The van der Waals surface area contributed by atoms with Crippen LogP contribution in [0.25, 0.3) is 17.0 Å². The van der Waals surface area contributed by atoms with Gasteiger partial charge in [0.05, 0.1) is 4.90 Å². The van der Waals surface area contributed by atoms with Crippen LogP contribution < -0.4 is 10.0 Å². The number of sulfonamides is 1. The lowest BCUT2D eigenvalue weighted by molar-refractivity contribution is -0.111. The molecule has 4 aromatic rings. The molecule has 0 aliphatic rings. The number of furan rings is 1. The zero-order valence-electron chi connectivity index (χ0n) is 14.9. The van der Waals surface area contributed by atoms with E-state index in [1.807, 2.05) is 30.3 Å². The van der Waals surface area contributed by atoms with Crippen molar-refractivity contribution in [3.05, 3.63) is 78.0 Å². The molecule has 0 spiro atoms. The SMILES string of the molecule is O=C(/C=C/c1cc2ccccc2o1)Nc1ccc(S(=O)(=O)Nc2nccs2)cc1. The molecule has 0 fully saturated rings. The highest BCUT2D eigenvalue weighted by atomic mass is 32.2. The highest BCUT2D eigenvalue weighted by molar-refractivity contribution is 7.93. The molecule has 2 heterocycles. The Balaban J connectivity index is 1.40. The summed E-state index contributed by atoms with van der Waals surface area (Å²) < 4.78 is 32.6. The van der Waals surface area contributed by atoms with Crippen molar-refractivity contribution in [1.82, 2.24) is 4.98 Å². The second-order valence-electron chi connectivity index (χ2n) is 5.98. The van der Waals surface area contributed by atoms with Crippen LogP contribution in [0.4, 0.5) is 10.8 Å². The summed E-state index contributed by atoms with van der Waals surface area (Å²) >= 11 is 1.19. The van der Waals surface area contributed by atoms with Crippen molar-refractivity contribution in [3.63, 3.8) is 0 Å². The van der Waals surface area contributed by atoms with Crippen molar-refractivity contribution in [2.75, 3.05) is 10.0 Å². The smallest absolute Gasteiger partial charge is 0.263 e. The van der Waals surface area contributed by atoms with Gasteiger partial charge in [0.2, 0.25) is 5.91 Å². The van der Waals surface area contributed by atoms with Crippen molar-refractivity contribution < 1.29 is 17.6 Å². The third-order valence-corrected chi connectivity index (χ3v) is 6.10. The lowest BCUT2D eigenvalue weighted by atomic mass is 10.2. The number of rotatable bonds is 6. The Bertz CT molecular complexity index is 1240. The molecule has 0 saturated carbocycles. The summed E-state index contributed by atoms with van der Waals surface area (Å²) in [6, 6.07) is 15.3. The van der Waals surface area contributed by atoms with Gasteiger partial charge >= 0.3 is 0 Å². The summed E-state index contributed by atoms with van der Waals surface area (Å²) in [6.45, 7) is 0. The molecule has 2 aromatic heterocycles. The first-order valence-corrected chi connectivity index (χ1v) is 10.9. The fraction of sp³-hybridized carbons (Fsp3) is 0. The van der Waals surface area contributed by atoms with Gasteiger partial charge in [-0.05, 0) is 42.5 Å². The molecule has 7 nitrogen and oxygen atoms in total. The van der Waals surface area contributed by atoms with Crippen molar-refractivity contribution in [3.8, 4) is 0 Å². The first-order valence-electron chi connectivity index (χ1n) is 8.50. The summed E-state index contributed by atoms with van der Waals surface area (Å²) in [6.07, 6.45) is 4.44. The van der Waals surface area contributed by atoms with Crippen LogP contribution in [-0.4, -0.2) is 19.3 Å². The van der Waals surface area contributed by atoms with Gasteiger partial charge in [-0.15, -0.1) is 11.3 Å². The maximum absolute atomic E-state index is 12.3. The van der Waals surface area contributed by atoms with Gasteiger partial charge in [0.25, 0.3) is 10.0 Å². The van der Waals surface area contributed by atoms with Crippen LogP contribution in [0.15, 0.2) is 81.6 Å². The number of thiazole rings is 1. The molecular formula is C20H15N3O4S2. The van der Waals surface area contributed by atoms with Crippen molar-refractivity contribution in [2.45, 2.75) is 4.90 Å². The van der Waals surface area contributed by atoms with Crippen LogP contribution >= 0.6 is 11.3 Å². The van der Waals surface area contributed by atoms with Gasteiger partial charge in [0.15, 0.2) is 5.13 Å². The zero-order chi connectivity index (χ0) is 20.3. The summed E-state index contributed by atoms with van der Waals surface area (Å²) in [5.41, 5.74) is 1.22. The number of nitrogens with zero attached hydrogens (tertiary/aromatic N) is 1. The predicted octanol–water partition coefficient (Wildman–Crippen LogP) is 4.34. The van der Waals surface area contributed by atoms with E-state index in [-0.39, 0.29) is 15.9 Å². The minimum atomic E-state index is -3.73. The standard InChI is InChI=1S/C20H15N3O4S2/c24-19(10-7-16-13-14-3-1-2-4-18(14)27-16)22-15-5-8-17(9-6-15)29(25,26)23-20-21-11-12-28-20/h1-13H,(H,21,23)(H,22,24)/b10-7+. The van der Waals surface area contributed by atoms with Crippen LogP contribution in [-0.2, 0) is 14.8 Å². The summed E-state index contributed by atoms with van der Waals surface area (Å²) in [5.74, 6) is 0.207. The summed E-state index contributed by atoms with van der Waals surface area (Å²) in [4.78, 5) is 16.1. The molecule has 0 unspecified atom stereocenters. The lowest BCUT2D eigenvalue weighted by Gasteiger charge is -2.07. The summed E-state index contributed by atoms with van der Waals surface area (Å²) in [7, 11) is -3.73. The molecular weight excluding hydrogens is 410 g/mol. The Morgan fingerprint density at radius 2 is 1.90 bits per heavy atom. The van der Waals surface area contributed by atoms with Gasteiger partial charge in [0.1, 0.15) is 11.3 Å². The van der Waals surface area contributed by atoms with E-state index in [0.717, 1.165) is 11.0 Å². The van der Waals surface area contributed by atoms with Gasteiger partial charge in [-0.2, -0.15) is 0 Å². The Kier molecular flexibility index (Phi) is 5.15. The number of hydrogen-bond donors (Lipinski definition) is 2. The average Bonchev–Trinajstić information content (AvgIpc) is 3.35. The maximum Gasteiger partial charge on any atom is 0.263 e. The lowest BCUT2D eigenvalue weighted by Crippen LogP contribution is -2.13. The van der Waals surface area contributed by atoms with Crippen LogP contribution in [0.3, 0.4) is 0 Å².